The lowest BCUT2D eigenvalue weighted by molar-refractivity contribution is -0.137. The maximum atomic E-state index is 13.5. The summed E-state index contributed by atoms with van der Waals surface area (Å²) in [5, 5.41) is 0.711. The zero-order valence-electron chi connectivity index (χ0n) is 12.2. The number of para-hydroxylation sites is 1. The smallest absolute Gasteiger partial charge is 0.366 e. The highest BCUT2D eigenvalue weighted by Gasteiger charge is 2.38. The van der Waals surface area contributed by atoms with Gasteiger partial charge in [-0.1, -0.05) is 36.4 Å². The first-order valence-electron chi connectivity index (χ1n) is 6.73. The molecule has 0 atom stereocenters. The van der Waals surface area contributed by atoms with E-state index < -0.39 is 23.2 Å². The molecule has 0 aliphatic carbocycles. The fraction of sp³-hybridized carbons (Fsp3) is 0.0588. The number of primary amides is 1. The standard InChI is InChI=1S/C17H11F3N2O.ClH/c18-17(19,20)14-11(6-2-8-13(14)16(21)23)12-7-1-4-10-5-3-9-22-15(10)12;/h1-9H,(H2,21,23);1H. The van der Waals surface area contributed by atoms with Gasteiger partial charge in [-0.15, -0.1) is 12.4 Å². The second-order valence-corrected chi connectivity index (χ2v) is 4.97. The molecule has 0 bridgehead atoms. The van der Waals surface area contributed by atoms with E-state index in [1.807, 2.05) is 0 Å². The van der Waals surface area contributed by atoms with Gasteiger partial charge in [0.25, 0.3) is 0 Å². The van der Waals surface area contributed by atoms with Crippen molar-refractivity contribution in [1.82, 2.24) is 4.98 Å². The molecule has 3 aromatic rings. The Hall–Kier alpha value is -2.60. The number of hydrogen-bond acceptors (Lipinski definition) is 2. The number of pyridine rings is 1. The Balaban J connectivity index is 0.00000208. The highest BCUT2D eigenvalue weighted by Crippen LogP contribution is 2.40. The van der Waals surface area contributed by atoms with Gasteiger partial charge in [-0.2, -0.15) is 13.2 Å². The Labute approximate surface area is 141 Å². The molecule has 2 N–H and O–H groups in total. The number of fused-ring (bicyclic) bond motifs is 1. The van der Waals surface area contributed by atoms with E-state index in [0.717, 1.165) is 6.07 Å². The second-order valence-electron chi connectivity index (χ2n) is 4.97. The van der Waals surface area contributed by atoms with Crippen LogP contribution in [0.3, 0.4) is 0 Å². The first-order chi connectivity index (χ1) is 10.9. The van der Waals surface area contributed by atoms with Gasteiger partial charge in [0.05, 0.1) is 16.6 Å². The lowest BCUT2D eigenvalue weighted by atomic mass is 9.93. The molecule has 0 saturated heterocycles. The van der Waals surface area contributed by atoms with Crippen LogP contribution in [0.2, 0.25) is 0 Å². The predicted molar refractivity (Wildman–Crippen MR) is 87.9 cm³/mol. The van der Waals surface area contributed by atoms with Crippen molar-refractivity contribution in [3.8, 4) is 11.1 Å². The minimum atomic E-state index is -4.71. The minimum Gasteiger partial charge on any atom is -0.366 e. The summed E-state index contributed by atoms with van der Waals surface area (Å²) in [6.07, 6.45) is -3.20. The predicted octanol–water partition coefficient (Wildman–Crippen LogP) is 4.44. The molecule has 1 heterocycles. The first-order valence-corrected chi connectivity index (χ1v) is 6.73. The molecule has 0 saturated carbocycles. The number of aromatic nitrogens is 1. The number of alkyl halides is 3. The highest BCUT2D eigenvalue weighted by atomic mass is 35.5. The zero-order valence-corrected chi connectivity index (χ0v) is 13.0. The van der Waals surface area contributed by atoms with Gasteiger partial charge >= 0.3 is 6.18 Å². The molecule has 0 spiro atoms. The van der Waals surface area contributed by atoms with Crippen molar-refractivity contribution in [1.29, 1.82) is 0 Å². The molecule has 24 heavy (non-hydrogen) atoms. The highest BCUT2D eigenvalue weighted by molar-refractivity contribution is 6.00. The number of hydrogen-bond donors (Lipinski definition) is 1. The molecule has 0 unspecified atom stereocenters. The van der Waals surface area contributed by atoms with E-state index in [1.165, 1.54) is 18.3 Å². The third-order valence-electron chi connectivity index (χ3n) is 3.54. The van der Waals surface area contributed by atoms with Crippen LogP contribution in [0.15, 0.2) is 54.7 Å². The number of rotatable bonds is 2. The molecule has 3 rings (SSSR count). The van der Waals surface area contributed by atoms with Crippen LogP contribution in [0, 0.1) is 0 Å². The second kappa shape index (κ2) is 6.49. The summed E-state index contributed by atoms with van der Waals surface area (Å²) in [6, 6.07) is 12.2. The third kappa shape index (κ3) is 3.05. The summed E-state index contributed by atoms with van der Waals surface area (Å²) in [5.74, 6) is -1.12. The SMILES string of the molecule is Cl.NC(=O)c1cccc(-c2cccc3cccnc23)c1C(F)(F)F. The van der Waals surface area contributed by atoms with Gasteiger partial charge in [0.15, 0.2) is 0 Å². The average Bonchev–Trinajstić information content (AvgIpc) is 2.52. The molecule has 2 aromatic carbocycles. The molecule has 1 amide bonds. The van der Waals surface area contributed by atoms with E-state index in [4.69, 9.17) is 5.73 Å². The lowest BCUT2D eigenvalue weighted by Crippen LogP contribution is -2.19. The topological polar surface area (TPSA) is 56.0 Å². The normalized spacial score (nSPS) is 11.1. The molecule has 7 heteroatoms. The van der Waals surface area contributed by atoms with Crippen LogP contribution in [-0.4, -0.2) is 10.9 Å². The van der Waals surface area contributed by atoms with Gasteiger partial charge in [-0.05, 0) is 17.7 Å². The summed E-state index contributed by atoms with van der Waals surface area (Å²) < 4.78 is 40.6. The first kappa shape index (κ1) is 17.7. The summed E-state index contributed by atoms with van der Waals surface area (Å²) in [4.78, 5) is 15.6. The van der Waals surface area contributed by atoms with E-state index in [9.17, 15) is 18.0 Å². The van der Waals surface area contributed by atoms with Crippen molar-refractivity contribution in [2.75, 3.05) is 0 Å². The van der Waals surface area contributed by atoms with E-state index in [0.29, 0.717) is 16.5 Å². The van der Waals surface area contributed by atoms with Crippen LogP contribution in [-0.2, 0) is 6.18 Å². The minimum absolute atomic E-state index is 0. The van der Waals surface area contributed by atoms with Crippen molar-refractivity contribution < 1.29 is 18.0 Å². The van der Waals surface area contributed by atoms with Gasteiger partial charge in [0.1, 0.15) is 0 Å². The summed E-state index contributed by atoms with van der Waals surface area (Å²) in [6.45, 7) is 0. The van der Waals surface area contributed by atoms with Crippen LogP contribution >= 0.6 is 12.4 Å². The van der Waals surface area contributed by atoms with E-state index >= 15 is 0 Å². The third-order valence-corrected chi connectivity index (χ3v) is 3.54. The largest absolute Gasteiger partial charge is 0.417 e. The lowest BCUT2D eigenvalue weighted by Gasteiger charge is -2.17. The maximum absolute atomic E-state index is 13.5. The Morgan fingerprint density at radius 3 is 2.25 bits per heavy atom. The maximum Gasteiger partial charge on any atom is 0.417 e. The van der Waals surface area contributed by atoms with Crippen LogP contribution in [0.1, 0.15) is 15.9 Å². The van der Waals surface area contributed by atoms with Gasteiger partial charge < -0.3 is 5.73 Å². The molecule has 124 valence electrons. The number of carbonyl (C=O) groups is 1. The van der Waals surface area contributed by atoms with Crippen molar-refractivity contribution in [2.24, 2.45) is 5.73 Å². The molecule has 0 aliphatic rings. The molecule has 1 aromatic heterocycles. The van der Waals surface area contributed by atoms with Crippen LogP contribution < -0.4 is 5.73 Å². The summed E-state index contributed by atoms with van der Waals surface area (Å²) in [7, 11) is 0. The number of carbonyl (C=O) groups excluding carboxylic acids is 1. The number of amides is 1. The fourth-order valence-electron chi connectivity index (χ4n) is 2.61. The molecule has 0 radical (unpaired) electrons. The molecule has 0 aliphatic heterocycles. The Kier molecular flexibility index (Phi) is 4.80. The molecular weight excluding hydrogens is 341 g/mol. The molecular formula is C17H12ClF3N2O. The quantitative estimate of drug-likeness (QED) is 0.741. The van der Waals surface area contributed by atoms with Crippen molar-refractivity contribution in [3.63, 3.8) is 0 Å². The Bertz CT molecular complexity index is 904. The van der Waals surface area contributed by atoms with Gasteiger partial charge in [0.2, 0.25) is 5.91 Å². The Morgan fingerprint density at radius 1 is 0.958 bits per heavy atom. The van der Waals surface area contributed by atoms with Crippen LogP contribution in [0.25, 0.3) is 22.0 Å². The van der Waals surface area contributed by atoms with E-state index in [2.05, 4.69) is 4.98 Å². The van der Waals surface area contributed by atoms with Crippen molar-refractivity contribution in [3.05, 3.63) is 65.9 Å². The molecule has 0 fully saturated rings. The van der Waals surface area contributed by atoms with Gasteiger partial charge in [-0.25, -0.2) is 0 Å². The van der Waals surface area contributed by atoms with E-state index in [1.54, 1.807) is 30.3 Å². The van der Waals surface area contributed by atoms with Gasteiger partial charge in [-0.3, -0.25) is 9.78 Å². The van der Waals surface area contributed by atoms with Crippen LogP contribution in [0.4, 0.5) is 13.2 Å². The van der Waals surface area contributed by atoms with Crippen LogP contribution in [0.5, 0.6) is 0 Å². The Morgan fingerprint density at radius 2 is 1.58 bits per heavy atom. The summed E-state index contributed by atoms with van der Waals surface area (Å²) >= 11 is 0. The monoisotopic (exact) mass is 352 g/mol. The number of halogens is 4. The number of nitrogens with zero attached hydrogens (tertiary/aromatic N) is 1. The summed E-state index contributed by atoms with van der Waals surface area (Å²) in [5.41, 5.74) is 4.15. The fourth-order valence-corrected chi connectivity index (χ4v) is 2.61. The average molecular weight is 353 g/mol. The number of nitrogens with two attached hydrogens (primary N) is 1. The van der Waals surface area contributed by atoms with Crippen molar-refractivity contribution in [2.45, 2.75) is 6.18 Å². The number of benzene rings is 2. The van der Waals surface area contributed by atoms with Gasteiger partial charge in [0, 0.05) is 17.1 Å². The zero-order chi connectivity index (χ0) is 16.6. The van der Waals surface area contributed by atoms with E-state index in [-0.39, 0.29) is 18.0 Å². The van der Waals surface area contributed by atoms with Crippen molar-refractivity contribution >= 4 is 29.2 Å². The molecule has 3 nitrogen and oxygen atoms in total.